The predicted octanol–water partition coefficient (Wildman–Crippen LogP) is 3.49. The zero-order valence-corrected chi connectivity index (χ0v) is 10.4. The minimum absolute atomic E-state index is 0.600. The molecule has 0 saturated carbocycles. The van der Waals surface area contributed by atoms with Crippen LogP contribution in [0.15, 0.2) is 17.5 Å². The maximum atomic E-state index is 10.4. The highest BCUT2D eigenvalue weighted by molar-refractivity contribution is 7.99. The van der Waals surface area contributed by atoms with Crippen LogP contribution in [0.2, 0.25) is 0 Å². The Morgan fingerprint density at radius 1 is 1.67 bits per heavy atom. The first-order valence-corrected chi connectivity index (χ1v) is 6.61. The molecule has 1 heterocycles. The van der Waals surface area contributed by atoms with Crippen LogP contribution in [-0.4, -0.2) is 16.3 Å². The normalized spacial score (nSPS) is 11.4. The Hall–Kier alpha value is -0.740. The molecule has 0 fully saturated rings. The van der Waals surface area contributed by atoms with Crippen molar-refractivity contribution < 1.29 is 9.90 Å². The molecule has 1 aromatic heterocycles. The van der Waals surface area contributed by atoms with Gasteiger partial charge in [0.05, 0.1) is 0 Å². The summed E-state index contributed by atoms with van der Waals surface area (Å²) in [6.07, 6.45) is 2.85. The minimum atomic E-state index is -0.899. The van der Waals surface area contributed by atoms with Gasteiger partial charge in [0.2, 0.25) is 0 Å². The monoisotopic (exact) mass is 242 g/mol. The largest absolute Gasteiger partial charge is 0.478 e. The first kappa shape index (κ1) is 12.3. The van der Waals surface area contributed by atoms with Crippen molar-refractivity contribution in [1.29, 1.82) is 0 Å². The molecular formula is C11H14O2S2. The first-order chi connectivity index (χ1) is 7.09. The third-order valence-corrected chi connectivity index (χ3v) is 3.97. The molecule has 0 aliphatic rings. The van der Waals surface area contributed by atoms with Gasteiger partial charge < -0.3 is 5.11 Å². The molecule has 4 heteroatoms. The summed E-state index contributed by atoms with van der Waals surface area (Å²) in [7, 11) is 0. The summed E-state index contributed by atoms with van der Waals surface area (Å²) >= 11 is 3.54. The van der Waals surface area contributed by atoms with E-state index < -0.39 is 5.97 Å². The molecule has 0 aliphatic heterocycles. The summed E-state index contributed by atoms with van der Waals surface area (Å²) in [6, 6.07) is 1.96. The van der Waals surface area contributed by atoms with Gasteiger partial charge in [0.25, 0.3) is 0 Å². The molecule has 82 valence electrons. The van der Waals surface area contributed by atoms with E-state index in [-0.39, 0.29) is 0 Å². The number of carboxylic acids is 1. The molecule has 0 amide bonds. The molecule has 0 aromatic carbocycles. The number of hydrogen-bond acceptors (Lipinski definition) is 3. The fourth-order valence-corrected chi connectivity index (χ4v) is 2.80. The molecular weight excluding hydrogens is 228 g/mol. The van der Waals surface area contributed by atoms with E-state index in [1.165, 1.54) is 11.0 Å². The van der Waals surface area contributed by atoms with Gasteiger partial charge in [-0.1, -0.05) is 13.8 Å². The second kappa shape index (κ2) is 5.98. The van der Waals surface area contributed by atoms with Crippen LogP contribution in [0.1, 0.15) is 24.3 Å². The van der Waals surface area contributed by atoms with Crippen LogP contribution in [0.5, 0.6) is 0 Å². The lowest BCUT2D eigenvalue weighted by Gasteiger charge is -2.03. The van der Waals surface area contributed by atoms with E-state index in [0.717, 1.165) is 11.3 Å². The van der Waals surface area contributed by atoms with Gasteiger partial charge in [0, 0.05) is 16.7 Å². The third-order valence-electron chi connectivity index (χ3n) is 1.73. The zero-order chi connectivity index (χ0) is 11.3. The van der Waals surface area contributed by atoms with E-state index in [0.29, 0.717) is 5.25 Å². The highest BCUT2D eigenvalue weighted by atomic mass is 32.2. The van der Waals surface area contributed by atoms with Crippen molar-refractivity contribution in [2.24, 2.45) is 0 Å². The van der Waals surface area contributed by atoms with Crippen molar-refractivity contribution in [2.45, 2.75) is 24.9 Å². The zero-order valence-electron chi connectivity index (χ0n) is 8.77. The van der Waals surface area contributed by atoms with Gasteiger partial charge in [-0.2, -0.15) is 11.8 Å². The highest BCUT2D eigenvalue weighted by Crippen LogP contribution is 2.25. The Bertz CT molecular complexity index is 353. The average Bonchev–Trinajstić information content (AvgIpc) is 2.58. The van der Waals surface area contributed by atoms with Gasteiger partial charge in [0.1, 0.15) is 0 Å². The summed E-state index contributed by atoms with van der Waals surface area (Å²) in [4.78, 5) is 11.6. The van der Waals surface area contributed by atoms with Gasteiger partial charge in [-0.3, -0.25) is 0 Å². The Morgan fingerprint density at radius 3 is 3.00 bits per heavy atom. The van der Waals surface area contributed by atoms with Crippen LogP contribution in [0, 0.1) is 0 Å². The lowest BCUT2D eigenvalue weighted by molar-refractivity contribution is -0.131. The van der Waals surface area contributed by atoms with Crippen molar-refractivity contribution in [3.63, 3.8) is 0 Å². The number of rotatable bonds is 5. The number of aliphatic carboxylic acids is 1. The van der Waals surface area contributed by atoms with Crippen molar-refractivity contribution in [3.05, 3.63) is 28.0 Å². The van der Waals surface area contributed by atoms with Gasteiger partial charge in [-0.05, 0) is 28.3 Å². The van der Waals surface area contributed by atoms with Gasteiger partial charge in [-0.25, -0.2) is 4.79 Å². The number of hydrogen-bond donors (Lipinski definition) is 1. The van der Waals surface area contributed by atoms with Gasteiger partial charge in [0.15, 0.2) is 0 Å². The lowest BCUT2D eigenvalue weighted by atomic mass is 10.2. The highest BCUT2D eigenvalue weighted by Gasteiger charge is 2.03. The predicted molar refractivity (Wildman–Crippen MR) is 67.4 cm³/mol. The van der Waals surface area contributed by atoms with Crippen molar-refractivity contribution in [3.8, 4) is 0 Å². The van der Waals surface area contributed by atoms with Crippen molar-refractivity contribution >= 4 is 35.1 Å². The van der Waals surface area contributed by atoms with Crippen LogP contribution in [0.4, 0.5) is 0 Å². The second-order valence-corrected chi connectivity index (χ2v) is 5.90. The topological polar surface area (TPSA) is 37.3 Å². The van der Waals surface area contributed by atoms with E-state index in [1.807, 2.05) is 23.2 Å². The molecule has 0 bridgehead atoms. The average molecular weight is 242 g/mol. The Morgan fingerprint density at radius 2 is 2.40 bits per heavy atom. The Balaban J connectivity index is 2.65. The number of carboxylic acid groups (broad SMARTS) is 1. The minimum Gasteiger partial charge on any atom is -0.478 e. The SMILES string of the molecule is CC(C)SCc1sccc1C=CC(=O)O. The van der Waals surface area contributed by atoms with Crippen LogP contribution in [-0.2, 0) is 10.5 Å². The number of carbonyl (C=O) groups is 1. The lowest BCUT2D eigenvalue weighted by Crippen LogP contribution is -1.89. The van der Waals surface area contributed by atoms with E-state index in [4.69, 9.17) is 5.11 Å². The molecule has 0 spiro atoms. The summed E-state index contributed by atoms with van der Waals surface area (Å²) in [5, 5.41) is 11.1. The second-order valence-electron chi connectivity index (χ2n) is 3.33. The van der Waals surface area contributed by atoms with E-state index in [1.54, 1.807) is 17.4 Å². The quantitative estimate of drug-likeness (QED) is 0.803. The summed E-state index contributed by atoms with van der Waals surface area (Å²) in [5.41, 5.74) is 1.02. The maximum Gasteiger partial charge on any atom is 0.328 e. The summed E-state index contributed by atoms with van der Waals surface area (Å²) in [6.45, 7) is 4.32. The molecule has 0 unspecified atom stereocenters. The molecule has 0 radical (unpaired) electrons. The van der Waals surface area contributed by atoms with Gasteiger partial charge >= 0.3 is 5.97 Å². The molecule has 0 atom stereocenters. The van der Waals surface area contributed by atoms with Crippen LogP contribution in [0.3, 0.4) is 0 Å². The van der Waals surface area contributed by atoms with Crippen LogP contribution < -0.4 is 0 Å². The van der Waals surface area contributed by atoms with Crippen LogP contribution in [0.25, 0.3) is 6.08 Å². The van der Waals surface area contributed by atoms with Crippen molar-refractivity contribution in [1.82, 2.24) is 0 Å². The van der Waals surface area contributed by atoms with Gasteiger partial charge in [-0.15, -0.1) is 11.3 Å². The summed E-state index contributed by atoms with van der Waals surface area (Å²) < 4.78 is 0. The molecule has 2 nitrogen and oxygen atoms in total. The third kappa shape index (κ3) is 4.53. The molecule has 1 rings (SSSR count). The Kier molecular flexibility index (Phi) is 4.91. The van der Waals surface area contributed by atoms with Crippen LogP contribution >= 0.6 is 23.1 Å². The molecule has 15 heavy (non-hydrogen) atoms. The fraction of sp³-hybridized carbons (Fsp3) is 0.364. The first-order valence-electron chi connectivity index (χ1n) is 4.68. The van der Waals surface area contributed by atoms with E-state index in [9.17, 15) is 4.79 Å². The van der Waals surface area contributed by atoms with E-state index in [2.05, 4.69) is 13.8 Å². The number of thioether (sulfide) groups is 1. The number of thiophene rings is 1. The molecule has 0 aliphatic carbocycles. The molecule has 1 N–H and O–H groups in total. The standard InChI is InChI=1S/C11H14O2S2/c1-8(2)15-7-10-9(5-6-14-10)3-4-11(12)13/h3-6,8H,7H2,1-2H3,(H,12,13). The van der Waals surface area contributed by atoms with E-state index >= 15 is 0 Å². The molecule has 1 aromatic rings. The van der Waals surface area contributed by atoms with Crippen molar-refractivity contribution in [2.75, 3.05) is 0 Å². The Labute approximate surface area is 98.0 Å². The molecule has 0 saturated heterocycles. The maximum absolute atomic E-state index is 10.4. The smallest absolute Gasteiger partial charge is 0.328 e. The fourth-order valence-electron chi connectivity index (χ4n) is 1.02. The summed E-state index contributed by atoms with van der Waals surface area (Å²) in [5.74, 6) is 0.0536.